The number of unbranched alkanes of at least 4 members (excludes halogenated alkanes) is 1. The van der Waals surface area contributed by atoms with Gasteiger partial charge in [0.25, 0.3) is 0 Å². The molecule has 1 aliphatic carbocycles. The van der Waals surface area contributed by atoms with Crippen molar-refractivity contribution >= 4 is 11.6 Å². The van der Waals surface area contributed by atoms with Gasteiger partial charge in [0, 0.05) is 31.9 Å². The molecule has 42 heavy (non-hydrogen) atoms. The number of nitrogens with one attached hydrogen (secondary N) is 2. The van der Waals surface area contributed by atoms with Crippen LogP contribution in [-0.4, -0.2) is 66.2 Å². The summed E-state index contributed by atoms with van der Waals surface area (Å²) in [7, 11) is 0. The highest BCUT2D eigenvalue weighted by molar-refractivity contribution is 6.00. The number of H-pyrrole nitrogens is 1. The molecule has 9 heteroatoms. The number of piperazine rings is 1. The highest BCUT2D eigenvalue weighted by Crippen LogP contribution is 2.51. The highest BCUT2D eigenvalue weighted by atomic mass is 19.4. The molecule has 218 valence electrons. The first kappa shape index (κ1) is 28.0. The Morgan fingerprint density at radius 3 is 2.12 bits per heavy atom. The maximum Gasteiger partial charge on any atom is 0.405 e. The van der Waals surface area contributed by atoms with Crippen LogP contribution in [0.5, 0.6) is 0 Å². The molecule has 0 spiro atoms. The number of aromatic amines is 1. The van der Waals surface area contributed by atoms with Crippen molar-refractivity contribution in [1.82, 2.24) is 20.2 Å². The first-order valence-electron chi connectivity index (χ1n) is 14.5. The minimum atomic E-state index is -4.47. The lowest BCUT2D eigenvalue weighted by atomic mass is 9.73. The van der Waals surface area contributed by atoms with Crippen LogP contribution in [0.3, 0.4) is 0 Å². The van der Waals surface area contributed by atoms with Gasteiger partial charge in [-0.05, 0) is 59.3 Å². The molecule has 0 bridgehead atoms. The molecule has 1 saturated heterocycles. The third-order valence-corrected chi connectivity index (χ3v) is 8.59. The molecule has 1 amide bonds. The van der Waals surface area contributed by atoms with Crippen LogP contribution in [0.4, 0.5) is 18.9 Å². The fraction of sp³-hybridized carbons (Fsp3) is 0.333. The molecule has 0 atom stereocenters. The smallest absolute Gasteiger partial charge is 0.369 e. The first-order valence-corrected chi connectivity index (χ1v) is 14.5. The van der Waals surface area contributed by atoms with E-state index in [1.54, 1.807) is 6.33 Å². The van der Waals surface area contributed by atoms with Gasteiger partial charge in [-0.15, -0.1) is 0 Å². The van der Waals surface area contributed by atoms with Crippen molar-refractivity contribution < 1.29 is 18.0 Å². The Kier molecular flexibility index (Phi) is 7.77. The number of amides is 1. The molecule has 6 nitrogen and oxygen atoms in total. The van der Waals surface area contributed by atoms with Crippen LogP contribution in [0, 0.1) is 0 Å². The lowest BCUT2D eigenvalue weighted by Gasteiger charge is -2.36. The zero-order valence-corrected chi connectivity index (χ0v) is 23.3. The van der Waals surface area contributed by atoms with E-state index < -0.39 is 24.0 Å². The SMILES string of the molecule is O=C(NCC(F)(F)F)C1(CCCCN2CCN(c3ccc(-c4cnc[nH]4)cc3)CC2)c2ccccc2-c2ccccc21. The number of halogens is 3. The summed E-state index contributed by atoms with van der Waals surface area (Å²) in [4.78, 5) is 25.7. The molecular formula is C33H34F3N5O. The lowest BCUT2D eigenvalue weighted by Crippen LogP contribution is -2.47. The molecule has 1 aliphatic heterocycles. The summed E-state index contributed by atoms with van der Waals surface area (Å²) in [5.41, 5.74) is 5.58. The first-order chi connectivity index (χ1) is 20.3. The Bertz CT molecular complexity index is 1460. The van der Waals surface area contributed by atoms with Crippen molar-refractivity contribution in [2.45, 2.75) is 30.9 Å². The quantitative estimate of drug-likeness (QED) is 0.241. The average Bonchev–Trinajstić information content (AvgIpc) is 3.65. The third-order valence-electron chi connectivity index (χ3n) is 8.59. The number of anilines is 1. The Labute approximate surface area is 243 Å². The van der Waals surface area contributed by atoms with Crippen molar-refractivity contribution in [3.63, 3.8) is 0 Å². The summed E-state index contributed by atoms with van der Waals surface area (Å²) >= 11 is 0. The lowest BCUT2D eigenvalue weighted by molar-refractivity contribution is -0.141. The molecule has 1 fully saturated rings. The summed E-state index contributed by atoms with van der Waals surface area (Å²) in [5, 5.41) is 2.22. The average molecular weight is 574 g/mol. The fourth-order valence-corrected chi connectivity index (χ4v) is 6.51. The van der Waals surface area contributed by atoms with E-state index >= 15 is 0 Å². The van der Waals surface area contributed by atoms with E-state index in [4.69, 9.17) is 0 Å². The molecule has 2 aliphatic rings. The van der Waals surface area contributed by atoms with E-state index in [-0.39, 0.29) is 0 Å². The van der Waals surface area contributed by atoms with Gasteiger partial charge in [-0.1, -0.05) is 67.1 Å². The van der Waals surface area contributed by atoms with Crippen molar-refractivity contribution in [1.29, 1.82) is 0 Å². The zero-order chi connectivity index (χ0) is 29.2. The van der Waals surface area contributed by atoms with E-state index in [0.29, 0.717) is 6.42 Å². The molecule has 1 aromatic heterocycles. The summed E-state index contributed by atoms with van der Waals surface area (Å²) in [6, 6.07) is 23.7. The molecule has 3 aromatic carbocycles. The highest BCUT2D eigenvalue weighted by Gasteiger charge is 2.49. The second-order valence-corrected chi connectivity index (χ2v) is 11.1. The number of alkyl halides is 3. The van der Waals surface area contributed by atoms with Gasteiger partial charge in [-0.25, -0.2) is 4.98 Å². The molecule has 4 aromatic rings. The van der Waals surface area contributed by atoms with Crippen LogP contribution in [0.15, 0.2) is 85.3 Å². The number of aromatic nitrogens is 2. The standard InChI is InChI=1S/C33H34F3N5O/c34-33(35,36)22-38-31(42)32(28-9-3-1-7-26(28)27-8-2-4-10-29(27)32)15-5-6-16-40-17-19-41(20-18-40)25-13-11-24(12-14-25)30-21-37-23-39-30/h1-4,7-14,21,23H,5-6,15-20,22H2,(H,37,39)(H,38,42). The van der Waals surface area contributed by atoms with E-state index in [1.807, 2.05) is 54.7 Å². The van der Waals surface area contributed by atoms with Crippen LogP contribution in [-0.2, 0) is 10.2 Å². The zero-order valence-electron chi connectivity index (χ0n) is 23.3. The number of nitrogens with zero attached hydrogens (tertiary/aromatic N) is 3. The Balaban J connectivity index is 1.09. The van der Waals surface area contributed by atoms with Crippen LogP contribution >= 0.6 is 0 Å². The summed E-state index contributed by atoms with van der Waals surface area (Å²) < 4.78 is 39.3. The molecule has 0 unspecified atom stereocenters. The van der Waals surface area contributed by atoms with Gasteiger partial charge in [0.15, 0.2) is 0 Å². The normalized spacial score (nSPS) is 16.2. The fourth-order valence-electron chi connectivity index (χ4n) is 6.51. The number of rotatable bonds is 9. The van der Waals surface area contributed by atoms with Gasteiger partial charge in [-0.2, -0.15) is 13.2 Å². The van der Waals surface area contributed by atoms with Gasteiger partial charge in [0.2, 0.25) is 5.91 Å². The van der Waals surface area contributed by atoms with Gasteiger partial charge < -0.3 is 15.2 Å². The van der Waals surface area contributed by atoms with Crippen molar-refractivity contribution in [3.05, 3.63) is 96.4 Å². The van der Waals surface area contributed by atoms with Crippen LogP contribution in [0.1, 0.15) is 30.4 Å². The Morgan fingerprint density at radius 2 is 1.52 bits per heavy atom. The van der Waals surface area contributed by atoms with Crippen molar-refractivity contribution in [3.8, 4) is 22.4 Å². The molecule has 6 rings (SSSR count). The van der Waals surface area contributed by atoms with Crippen LogP contribution < -0.4 is 10.2 Å². The number of hydrogen-bond donors (Lipinski definition) is 2. The third kappa shape index (κ3) is 5.53. The number of imidazole rings is 1. The van der Waals surface area contributed by atoms with Gasteiger partial charge in [0.1, 0.15) is 12.0 Å². The summed E-state index contributed by atoms with van der Waals surface area (Å²) in [5.74, 6) is -0.579. The number of hydrogen-bond acceptors (Lipinski definition) is 4. The van der Waals surface area contributed by atoms with Gasteiger partial charge in [0.05, 0.1) is 18.2 Å². The predicted octanol–water partition coefficient (Wildman–Crippen LogP) is 6.01. The van der Waals surface area contributed by atoms with Crippen LogP contribution in [0.25, 0.3) is 22.4 Å². The number of carbonyl (C=O) groups is 1. The predicted molar refractivity (Wildman–Crippen MR) is 158 cm³/mol. The number of carbonyl (C=O) groups excluding carboxylic acids is 1. The minimum absolute atomic E-state index is 0.452. The maximum atomic E-state index is 13.7. The van der Waals surface area contributed by atoms with Crippen molar-refractivity contribution in [2.75, 3.05) is 44.2 Å². The molecule has 2 heterocycles. The van der Waals surface area contributed by atoms with E-state index in [0.717, 1.165) is 79.1 Å². The van der Waals surface area contributed by atoms with E-state index in [1.165, 1.54) is 5.69 Å². The Hall–Kier alpha value is -4.11. The van der Waals surface area contributed by atoms with Gasteiger partial charge >= 0.3 is 6.18 Å². The number of fused-ring (bicyclic) bond motifs is 3. The summed E-state index contributed by atoms with van der Waals surface area (Å²) in [6.07, 6.45) is 1.05. The summed E-state index contributed by atoms with van der Waals surface area (Å²) in [6.45, 7) is 3.27. The largest absolute Gasteiger partial charge is 0.405 e. The molecule has 2 N–H and O–H groups in total. The molecular weight excluding hydrogens is 539 g/mol. The van der Waals surface area contributed by atoms with Crippen molar-refractivity contribution in [2.24, 2.45) is 0 Å². The van der Waals surface area contributed by atoms with Crippen LogP contribution in [0.2, 0.25) is 0 Å². The second-order valence-electron chi connectivity index (χ2n) is 11.1. The van der Waals surface area contributed by atoms with Gasteiger partial charge in [-0.3, -0.25) is 9.69 Å². The van der Waals surface area contributed by atoms with E-state index in [2.05, 4.69) is 49.4 Å². The second kappa shape index (κ2) is 11.6. The topological polar surface area (TPSA) is 64.3 Å². The maximum absolute atomic E-state index is 13.7. The monoisotopic (exact) mass is 573 g/mol. The minimum Gasteiger partial charge on any atom is -0.369 e. The molecule has 0 radical (unpaired) electrons. The number of benzene rings is 3. The molecule has 0 saturated carbocycles. The Morgan fingerprint density at radius 1 is 0.881 bits per heavy atom. The van der Waals surface area contributed by atoms with E-state index in [9.17, 15) is 18.0 Å².